The van der Waals surface area contributed by atoms with Crippen molar-refractivity contribution < 1.29 is 17.4 Å². The monoisotopic (exact) mass is 333 g/mol. The zero-order valence-electron chi connectivity index (χ0n) is 11.1. The molecule has 0 bridgehead atoms. The standard InChI is InChI=1S/C13H14ClO4S2/c1-8-6-10(13(19-16)4-3-5-13)11(20(2,17)18)7-9(8)12(14)15/h6-7H,3-5H2,1-2H3/q+1. The molecule has 0 N–H and O–H groups in total. The second kappa shape index (κ2) is 5.16. The minimum absolute atomic E-state index is 0.0372. The number of carbonyl (C=O) groups is 1. The van der Waals surface area contributed by atoms with Gasteiger partial charge in [-0.3, -0.25) is 4.79 Å². The molecule has 0 aromatic heterocycles. The van der Waals surface area contributed by atoms with E-state index in [1.165, 1.54) is 6.07 Å². The van der Waals surface area contributed by atoms with Crippen molar-refractivity contribution in [2.24, 2.45) is 0 Å². The third-order valence-electron chi connectivity index (χ3n) is 3.75. The van der Waals surface area contributed by atoms with Crippen molar-refractivity contribution in [3.63, 3.8) is 0 Å². The van der Waals surface area contributed by atoms with Gasteiger partial charge in [0.1, 0.15) is 0 Å². The van der Waals surface area contributed by atoms with Gasteiger partial charge in [-0.2, -0.15) is 0 Å². The van der Waals surface area contributed by atoms with Gasteiger partial charge in [0, 0.05) is 34.4 Å². The Morgan fingerprint density at radius 3 is 2.30 bits per heavy atom. The van der Waals surface area contributed by atoms with Gasteiger partial charge in [-0.1, -0.05) is 0 Å². The van der Waals surface area contributed by atoms with E-state index >= 15 is 0 Å². The predicted molar refractivity (Wildman–Crippen MR) is 78.1 cm³/mol. The van der Waals surface area contributed by atoms with Crippen LogP contribution >= 0.6 is 11.6 Å². The second-order valence-electron chi connectivity index (χ2n) is 5.14. The van der Waals surface area contributed by atoms with Crippen LogP contribution in [0.4, 0.5) is 0 Å². The van der Waals surface area contributed by atoms with Crippen LogP contribution in [0.3, 0.4) is 0 Å². The van der Waals surface area contributed by atoms with Crippen LogP contribution in [-0.4, -0.2) is 19.9 Å². The molecule has 4 nitrogen and oxygen atoms in total. The molecule has 0 saturated heterocycles. The molecule has 1 fully saturated rings. The van der Waals surface area contributed by atoms with Gasteiger partial charge < -0.3 is 0 Å². The molecule has 1 aliphatic rings. The Kier molecular flexibility index (Phi) is 4.01. The summed E-state index contributed by atoms with van der Waals surface area (Å²) in [6.45, 7) is 1.69. The average molecular weight is 334 g/mol. The molecule has 0 radical (unpaired) electrons. The lowest BCUT2D eigenvalue weighted by atomic mass is 9.78. The van der Waals surface area contributed by atoms with Gasteiger partial charge in [-0.25, -0.2) is 8.42 Å². The molecular weight excluding hydrogens is 320 g/mol. The maximum Gasteiger partial charge on any atom is 0.470 e. The molecule has 0 aliphatic heterocycles. The van der Waals surface area contributed by atoms with Gasteiger partial charge in [-0.15, -0.1) is 0 Å². The zero-order chi connectivity index (χ0) is 15.1. The lowest BCUT2D eigenvalue weighted by Crippen LogP contribution is -2.35. The van der Waals surface area contributed by atoms with Crippen LogP contribution in [0.25, 0.3) is 0 Å². The summed E-state index contributed by atoms with van der Waals surface area (Å²) in [5.41, 5.74) is 1.26. The first kappa shape index (κ1) is 15.5. The van der Waals surface area contributed by atoms with E-state index in [-0.39, 0.29) is 10.5 Å². The summed E-state index contributed by atoms with van der Waals surface area (Å²) >= 11 is 5.91. The molecule has 20 heavy (non-hydrogen) atoms. The Hall–Kier alpha value is -0.850. The molecule has 1 aliphatic carbocycles. The SMILES string of the molecule is Cc1cc(C2([S+]=O)CCC2)c(S(C)(=O)=O)cc1C(=O)Cl. The summed E-state index contributed by atoms with van der Waals surface area (Å²) in [6, 6.07) is 2.92. The number of halogens is 1. The number of sulfone groups is 1. The molecular formula is C13H14ClO4S2+. The highest BCUT2D eigenvalue weighted by molar-refractivity contribution is 7.90. The van der Waals surface area contributed by atoms with Crippen molar-refractivity contribution in [1.29, 1.82) is 0 Å². The summed E-state index contributed by atoms with van der Waals surface area (Å²) < 4.78 is 34.7. The lowest BCUT2D eigenvalue weighted by molar-refractivity contribution is 0.108. The number of hydrogen-bond donors (Lipinski definition) is 0. The van der Waals surface area contributed by atoms with Crippen LogP contribution in [0.15, 0.2) is 17.0 Å². The van der Waals surface area contributed by atoms with Crippen molar-refractivity contribution in [2.75, 3.05) is 6.26 Å². The second-order valence-corrected chi connectivity index (χ2v) is 8.42. The van der Waals surface area contributed by atoms with Gasteiger partial charge in [0.2, 0.25) is 0 Å². The van der Waals surface area contributed by atoms with E-state index in [0.29, 0.717) is 35.6 Å². The smallest absolute Gasteiger partial charge is 0.276 e. The predicted octanol–water partition coefficient (Wildman–Crippen LogP) is 2.58. The van der Waals surface area contributed by atoms with Crippen LogP contribution in [0.1, 0.15) is 40.7 Å². The van der Waals surface area contributed by atoms with Crippen molar-refractivity contribution in [3.8, 4) is 0 Å². The minimum atomic E-state index is -3.54. The first-order chi connectivity index (χ1) is 9.21. The fourth-order valence-corrected chi connectivity index (χ4v) is 4.43. The number of aryl methyl sites for hydroxylation is 1. The summed E-state index contributed by atoms with van der Waals surface area (Å²) in [5.74, 6) is 0. The third-order valence-corrected chi connectivity index (χ3v) is 6.04. The lowest BCUT2D eigenvalue weighted by Gasteiger charge is -2.28. The highest BCUT2D eigenvalue weighted by Crippen LogP contribution is 2.46. The van der Waals surface area contributed by atoms with E-state index in [1.807, 2.05) is 0 Å². The first-order valence-electron chi connectivity index (χ1n) is 6.07. The minimum Gasteiger partial charge on any atom is -0.276 e. The molecule has 108 valence electrons. The highest BCUT2D eigenvalue weighted by atomic mass is 35.5. The maximum absolute atomic E-state index is 12.0. The molecule has 2 rings (SSSR count). The topological polar surface area (TPSA) is 68.3 Å². The van der Waals surface area contributed by atoms with Crippen molar-refractivity contribution in [2.45, 2.75) is 35.8 Å². The van der Waals surface area contributed by atoms with E-state index < -0.39 is 19.8 Å². The molecule has 0 amide bonds. The number of rotatable bonds is 4. The van der Waals surface area contributed by atoms with Crippen LogP contribution in [0, 0.1) is 6.92 Å². The fraction of sp³-hybridized carbons (Fsp3) is 0.462. The number of benzene rings is 1. The Bertz CT molecular complexity index is 691. The largest absolute Gasteiger partial charge is 0.470 e. The molecule has 0 spiro atoms. The van der Waals surface area contributed by atoms with Crippen molar-refractivity contribution in [3.05, 3.63) is 28.8 Å². The van der Waals surface area contributed by atoms with Gasteiger partial charge in [0.05, 0.1) is 4.90 Å². The van der Waals surface area contributed by atoms with E-state index in [1.54, 1.807) is 13.0 Å². The van der Waals surface area contributed by atoms with Crippen molar-refractivity contribution in [1.82, 2.24) is 0 Å². The van der Waals surface area contributed by atoms with Crippen LogP contribution in [0.5, 0.6) is 0 Å². The quantitative estimate of drug-likeness (QED) is 0.627. The maximum atomic E-state index is 12.0. The number of hydrogen-bond acceptors (Lipinski definition) is 4. The Labute approximate surface area is 126 Å². The molecule has 0 heterocycles. The Balaban J connectivity index is 2.77. The van der Waals surface area contributed by atoms with Crippen molar-refractivity contribution >= 4 is 38.3 Å². The van der Waals surface area contributed by atoms with Crippen LogP contribution in [-0.2, 0) is 30.5 Å². The Morgan fingerprint density at radius 1 is 1.35 bits per heavy atom. The summed E-state index contributed by atoms with van der Waals surface area (Å²) in [6.07, 6.45) is 3.27. The van der Waals surface area contributed by atoms with Gasteiger partial charge in [0.15, 0.2) is 9.84 Å². The van der Waals surface area contributed by atoms with Gasteiger partial charge in [0.25, 0.3) is 9.99 Å². The van der Waals surface area contributed by atoms with E-state index in [9.17, 15) is 17.4 Å². The van der Waals surface area contributed by atoms with Gasteiger partial charge >= 0.3 is 11.7 Å². The van der Waals surface area contributed by atoms with E-state index in [0.717, 1.165) is 12.7 Å². The molecule has 7 heteroatoms. The summed E-state index contributed by atoms with van der Waals surface area (Å²) in [5, 5.41) is -0.698. The molecule has 0 atom stereocenters. The Morgan fingerprint density at radius 2 is 1.95 bits per heavy atom. The molecule has 1 saturated carbocycles. The summed E-state index contributed by atoms with van der Waals surface area (Å²) in [4.78, 5) is 11.4. The zero-order valence-corrected chi connectivity index (χ0v) is 13.5. The molecule has 1 aromatic rings. The normalized spacial score (nSPS) is 17.4. The van der Waals surface area contributed by atoms with Crippen LogP contribution in [0.2, 0.25) is 0 Å². The highest BCUT2D eigenvalue weighted by Gasteiger charge is 2.54. The van der Waals surface area contributed by atoms with Gasteiger partial charge in [-0.05, 0) is 42.6 Å². The van der Waals surface area contributed by atoms with Crippen LogP contribution < -0.4 is 0 Å². The molecule has 0 unspecified atom stereocenters. The average Bonchev–Trinajstić information content (AvgIpc) is 2.26. The first-order valence-corrected chi connectivity index (χ1v) is 9.08. The van der Waals surface area contributed by atoms with E-state index in [2.05, 4.69) is 0 Å². The fourth-order valence-electron chi connectivity index (χ4n) is 2.46. The molecule has 1 aromatic carbocycles. The number of carbonyl (C=O) groups excluding carboxylic acids is 1. The summed E-state index contributed by atoms with van der Waals surface area (Å²) in [7, 11) is -3.54. The van der Waals surface area contributed by atoms with E-state index in [4.69, 9.17) is 11.6 Å². The third kappa shape index (κ3) is 2.52.